The van der Waals surface area contributed by atoms with Gasteiger partial charge in [0.15, 0.2) is 0 Å². The zero-order valence-electron chi connectivity index (χ0n) is 6.09. The largest absolute Gasteiger partial charge is 0.481 e. The molecule has 3 nitrogen and oxygen atoms in total. The van der Waals surface area contributed by atoms with Crippen LogP contribution in [0.25, 0.3) is 0 Å². The molecule has 0 unspecified atom stereocenters. The summed E-state index contributed by atoms with van der Waals surface area (Å²) >= 11 is 5.39. The second-order valence-corrected chi connectivity index (χ2v) is 2.25. The van der Waals surface area contributed by atoms with E-state index in [4.69, 9.17) is 11.6 Å². The summed E-state index contributed by atoms with van der Waals surface area (Å²) in [4.78, 5) is 6.88. The van der Waals surface area contributed by atoms with Crippen molar-refractivity contribution in [1.29, 1.82) is 0 Å². The van der Waals surface area contributed by atoms with Gasteiger partial charge in [-0.3, -0.25) is 0 Å². The summed E-state index contributed by atoms with van der Waals surface area (Å²) < 4.78 is 29.0. The van der Waals surface area contributed by atoms with Crippen molar-refractivity contribution >= 4 is 11.6 Å². The fraction of sp³-hybridized carbons (Fsp3) is 0.333. The third-order valence-corrected chi connectivity index (χ3v) is 1.51. The molecule has 0 spiro atoms. The molecule has 1 heterocycles. The highest BCUT2D eigenvalue weighted by Gasteiger charge is 2.19. The molecule has 12 heavy (non-hydrogen) atoms. The highest BCUT2D eigenvalue weighted by atomic mass is 35.5. The highest BCUT2D eigenvalue weighted by Crippen LogP contribution is 2.31. The Morgan fingerprint density at radius 2 is 2.17 bits per heavy atom. The van der Waals surface area contributed by atoms with Gasteiger partial charge < -0.3 is 4.74 Å². The zero-order valence-corrected chi connectivity index (χ0v) is 6.85. The Morgan fingerprint density at radius 1 is 1.50 bits per heavy atom. The molecule has 0 N–H and O–H groups in total. The van der Waals surface area contributed by atoms with E-state index in [2.05, 4.69) is 14.7 Å². The molecule has 1 aromatic heterocycles. The normalized spacial score (nSPS) is 10.4. The monoisotopic (exact) mass is 194 g/mol. The molecule has 1 rings (SSSR count). The lowest BCUT2D eigenvalue weighted by Crippen LogP contribution is -1.98. The van der Waals surface area contributed by atoms with E-state index in [1.165, 1.54) is 7.11 Å². The van der Waals surface area contributed by atoms with Gasteiger partial charge >= 0.3 is 0 Å². The third kappa shape index (κ3) is 1.61. The van der Waals surface area contributed by atoms with Crippen LogP contribution in [-0.4, -0.2) is 17.1 Å². The number of hydrogen-bond acceptors (Lipinski definition) is 3. The Labute approximate surface area is 72.3 Å². The molecule has 0 aliphatic rings. The Morgan fingerprint density at radius 3 is 2.58 bits per heavy atom. The molecule has 0 radical (unpaired) electrons. The van der Waals surface area contributed by atoms with Crippen molar-refractivity contribution in [3.63, 3.8) is 0 Å². The minimum atomic E-state index is -2.73. The van der Waals surface area contributed by atoms with Crippen LogP contribution in [0, 0.1) is 0 Å². The van der Waals surface area contributed by atoms with E-state index in [0.29, 0.717) is 0 Å². The Balaban J connectivity index is 3.20. The first-order chi connectivity index (χ1) is 5.66. The highest BCUT2D eigenvalue weighted by molar-refractivity contribution is 6.30. The van der Waals surface area contributed by atoms with E-state index in [1.54, 1.807) is 0 Å². The summed E-state index contributed by atoms with van der Waals surface area (Å²) in [6.07, 6.45) is -1.67. The van der Waals surface area contributed by atoms with E-state index in [-0.39, 0.29) is 11.0 Å². The summed E-state index contributed by atoms with van der Waals surface area (Å²) in [5.74, 6) is -0.190. The molecule has 0 aliphatic carbocycles. The zero-order chi connectivity index (χ0) is 9.14. The molecule has 0 saturated carbocycles. The van der Waals surface area contributed by atoms with Gasteiger partial charge in [-0.1, -0.05) is 11.6 Å². The molecule has 0 aliphatic heterocycles. The minimum Gasteiger partial charge on any atom is -0.481 e. The van der Waals surface area contributed by atoms with Gasteiger partial charge in [0, 0.05) is 0 Å². The quantitative estimate of drug-likeness (QED) is 0.676. The van der Waals surface area contributed by atoms with E-state index in [9.17, 15) is 8.78 Å². The molecule has 0 aromatic carbocycles. The minimum absolute atomic E-state index is 0.190. The molecule has 0 amide bonds. The topological polar surface area (TPSA) is 35.0 Å². The van der Waals surface area contributed by atoms with Gasteiger partial charge in [0.2, 0.25) is 5.88 Å². The predicted octanol–water partition coefficient (Wildman–Crippen LogP) is 2.08. The van der Waals surface area contributed by atoms with E-state index in [1.807, 2.05) is 0 Å². The standard InChI is InChI=1S/C6H5ClF2N2O/c1-12-6-3(5(8)9)4(7)10-2-11-6/h2,5H,1H3. The van der Waals surface area contributed by atoms with Crippen molar-refractivity contribution in [3.05, 3.63) is 17.0 Å². The first kappa shape index (κ1) is 9.12. The molecule has 0 bridgehead atoms. The number of hydrogen-bond donors (Lipinski definition) is 0. The Hall–Kier alpha value is -0.970. The molecule has 0 saturated heterocycles. The predicted molar refractivity (Wildman–Crippen MR) is 38.6 cm³/mol. The van der Waals surface area contributed by atoms with Gasteiger partial charge in [-0.2, -0.15) is 0 Å². The van der Waals surface area contributed by atoms with Crippen molar-refractivity contribution < 1.29 is 13.5 Å². The number of methoxy groups -OCH3 is 1. The van der Waals surface area contributed by atoms with Gasteiger partial charge in [-0.25, -0.2) is 18.7 Å². The van der Waals surface area contributed by atoms with Gasteiger partial charge in [0.25, 0.3) is 6.43 Å². The van der Waals surface area contributed by atoms with E-state index in [0.717, 1.165) is 6.33 Å². The van der Waals surface area contributed by atoms with Gasteiger partial charge in [0.05, 0.1) is 7.11 Å². The van der Waals surface area contributed by atoms with Crippen molar-refractivity contribution in [3.8, 4) is 5.88 Å². The molecule has 6 heteroatoms. The van der Waals surface area contributed by atoms with E-state index >= 15 is 0 Å². The first-order valence-corrected chi connectivity index (χ1v) is 3.37. The van der Waals surface area contributed by atoms with Crippen LogP contribution in [0.3, 0.4) is 0 Å². The lowest BCUT2D eigenvalue weighted by Gasteiger charge is -2.05. The average Bonchev–Trinajstić information content (AvgIpc) is 2.03. The number of ether oxygens (including phenoxy) is 1. The number of nitrogens with zero attached hydrogens (tertiary/aromatic N) is 2. The smallest absolute Gasteiger partial charge is 0.272 e. The van der Waals surface area contributed by atoms with Crippen LogP contribution in [-0.2, 0) is 0 Å². The van der Waals surface area contributed by atoms with E-state index < -0.39 is 12.0 Å². The maximum atomic E-state index is 12.2. The molecule has 0 fully saturated rings. The molecule has 0 atom stereocenters. The van der Waals surface area contributed by atoms with Gasteiger partial charge in [-0.05, 0) is 0 Å². The molecule has 66 valence electrons. The van der Waals surface area contributed by atoms with Crippen LogP contribution < -0.4 is 4.74 Å². The summed E-state index contributed by atoms with van der Waals surface area (Å²) in [6, 6.07) is 0. The average molecular weight is 195 g/mol. The lowest BCUT2D eigenvalue weighted by atomic mass is 10.3. The fourth-order valence-electron chi connectivity index (χ4n) is 0.705. The van der Waals surface area contributed by atoms with Crippen molar-refractivity contribution in [2.45, 2.75) is 6.43 Å². The third-order valence-electron chi connectivity index (χ3n) is 1.21. The number of rotatable bonds is 2. The number of alkyl halides is 2. The SMILES string of the molecule is COc1ncnc(Cl)c1C(F)F. The summed E-state index contributed by atoms with van der Waals surface area (Å²) in [7, 11) is 1.24. The summed E-state index contributed by atoms with van der Waals surface area (Å²) in [5.41, 5.74) is -0.471. The number of aromatic nitrogens is 2. The van der Waals surface area contributed by atoms with Crippen LogP contribution in [0.2, 0.25) is 5.15 Å². The second kappa shape index (κ2) is 3.62. The second-order valence-electron chi connectivity index (χ2n) is 1.89. The van der Waals surface area contributed by atoms with Gasteiger partial charge in [0.1, 0.15) is 17.0 Å². The van der Waals surface area contributed by atoms with Crippen molar-refractivity contribution in [2.75, 3.05) is 7.11 Å². The maximum absolute atomic E-state index is 12.2. The van der Waals surface area contributed by atoms with Crippen LogP contribution in [0.5, 0.6) is 5.88 Å². The molecular formula is C6H5ClF2N2O. The Kier molecular flexibility index (Phi) is 2.75. The van der Waals surface area contributed by atoms with Crippen LogP contribution >= 0.6 is 11.6 Å². The lowest BCUT2D eigenvalue weighted by molar-refractivity contribution is 0.145. The van der Waals surface area contributed by atoms with Gasteiger partial charge in [-0.15, -0.1) is 0 Å². The maximum Gasteiger partial charge on any atom is 0.272 e. The van der Waals surface area contributed by atoms with Crippen LogP contribution in [0.15, 0.2) is 6.33 Å². The fourth-order valence-corrected chi connectivity index (χ4v) is 0.912. The summed E-state index contributed by atoms with van der Waals surface area (Å²) in [5, 5.41) is -0.281. The first-order valence-electron chi connectivity index (χ1n) is 2.99. The molecular weight excluding hydrogens is 190 g/mol. The summed E-state index contributed by atoms with van der Waals surface area (Å²) in [6.45, 7) is 0. The van der Waals surface area contributed by atoms with Crippen molar-refractivity contribution in [1.82, 2.24) is 9.97 Å². The van der Waals surface area contributed by atoms with Crippen LogP contribution in [0.1, 0.15) is 12.0 Å². The Bertz CT molecular complexity index is 282. The van der Waals surface area contributed by atoms with Crippen molar-refractivity contribution in [2.24, 2.45) is 0 Å². The van der Waals surface area contributed by atoms with Crippen LogP contribution in [0.4, 0.5) is 8.78 Å². The number of halogens is 3. The molecule has 1 aromatic rings.